The molecule has 4 amide bonds. The van der Waals surface area contributed by atoms with E-state index in [-0.39, 0.29) is 18.9 Å². The Morgan fingerprint density at radius 1 is 1.16 bits per heavy atom. The topological polar surface area (TPSA) is 105 Å². The fourth-order valence-corrected chi connectivity index (χ4v) is 3.41. The molecule has 1 aromatic carbocycles. The van der Waals surface area contributed by atoms with Gasteiger partial charge in [-0.15, -0.1) is 0 Å². The number of nitrogens with one attached hydrogen (secondary N) is 2. The lowest BCUT2D eigenvalue weighted by molar-refractivity contribution is -0.164. The van der Waals surface area contributed by atoms with Gasteiger partial charge in [0.2, 0.25) is 5.91 Å². The Hall–Kier alpha value is -3.16. The highest BCUT2D eigenvalue weighted by Crippen LogP contribution is 2.28. The Morgan fingerprint density at radius 2 is 1.81 bits per heavy atom. The molecule has 1 aliphatic rings. The molecule has 174 valence electrons. The lowest BCUT2D eigenvalue weighted by atomic mass is 9.82. The van der Waals surface area contributed by atoms with Gasteiger partial charge >= 0.3 is 12.0 Å². The number of hydrogen-bond donors (Lipinski definition) is 2. The highest BCUT2D eigenvalue weighted by molar-refractivity contribution is 6.03. The SMILES string of the molecule is CC(C)CC(C(=O)NN1C(=O)CNC1=O)[C@@H](C/C=C\c1ccccc1)C(=O)OC(C)(C)C. The number of amides is 4. The molecule has 1 fully saturated rings. The largest absolute Gasteiger partial charge is 0.460 e. The zero-order chi connectivity index (χ0) is 23.9. The maximum atomic E-state index is 13.2. The van der Waals surface area contributed by atoms with Gasteiger partial charge in [-0.2, -0.15) is 5.01 Å². The van der Waals surface area contributed by atoms with Crippen molar-refractivity contribution in [1.29, 1.82) is 0 Å². The number of hydrogen-bond acceptors (Lipinski definition) is 5. The molecule has 0 spiro atoms. The molecule has 8 nitrogen and oxygen atoms in total. The van der Waals surface area contributed by atoms with Crippen LogP contribution in [-0.2, 0) is 19.1 Å². The Morgan fingerprint density at radius 3 is 2.34 bits per heavy atom. The van der Waals surface area contributed by atoms with Crippen molar-refractivity contribution in [2.45, 2.75) is 53.1 Å². The highest BCUT2D eigenvalue weighted by Gasteiger charge is 2.39. The maximum Gasteiger partial charge on any atom is 0.343 e. The minimum Gasteiger partial charge on any atom is -0.460 e. The van der Waals surface area contributed by atoms with Crippen LogP contribution < -0.4 is 10.7 Å². The Bertz CT molecular complexity index is 842. The lowest BCUT2D eigenvalue weighted by Gasteiger charge is -2.29. The molecule has 0 aromatic heterocycles. The molecule has 2 atom stereocenters. The third kappa shape index (κ3) is 7.51. The van der Waals surface area contributed by atoms with Crippen molar-refractivity contribution in [3.05, 3.63) is 42.0 Å². The Kier molecular flexibility index (Phi) is 8.57. The average Bonchev–Trinajstić information content (AvgIpc) is 3.01. The third-order valence-electron chi connectivity index (χ3n) is 4.82. The molecule has 2 N–H and O–H groups in total. The van der Waals surface area contributed by atoms with E-state index in [1.807, 2.05) is 56.3 Å². The first-order valence-electron chi connectivity index (χ1n) is 10.8. The summed E-state index contributed by atoms with van der Waals surface area (Å²) >= 11 is 0. The number of allylic oxidation sites excluding steroid dienone is 1. The summed E-state index contributed by atoms with van der Waals surface area (Å²) in [6.45, 7) is 9.02. The van der Waals surface area contributed by atoms with Gasteiger partial charge in [-0.1, -0.05) is 56.3 Å². The van der Waals surface area contributed by atoms with Crippen molar-refractivity contribution < 1.29 is 23.9 Å². The van der Waals surface area contributed by atoms with Gasteiger partial charge in [0.05, 0.1) is 11.8 Å². The van der Waals surface area contributed by atoms with Gasteiger partial charge in [0.15, 0.2) is 0 Å². The standard InChI is InChI=1S/C24H33N3O5/c1-16(2)14-19(21(29)26-27-20(28)15-25-23(27)31)18(22(30)32-24(3,4)5)13-9-12-17-10-7-6-8-11-17/h6-12,16,18-19H,13-15H2,1-5H3,(H,25,31)(H,26,29)/b12-9-/t18-,19?/m1/s1. The molecule has 32 heavy (non-hydrogen) atoms. The number of hydrazine groups is 1. The smallest absolute Gasteiger partial charge is 0.343 e. The fraction of sp³-hybridized carbons (Fsp3) is 0.500. The van der Waals surface area contributed by atoms with E-state index in [4.69, 9.17) is 4.74 Å². The number of urea groups is 1. The molecular formula is C24H33N3O5. The van der Waals surface area contributed by atoms with Crippen molar-refractivity contribution in [3.8, 4) is 0 Å². The molecule has 0 aliphatic carbocycles. The summed E-state index contributed by atoms with van der Waals surface area (Å²) in [5.41, 5.74) is 2.64. The van der Waals surface area contributed by atoms with Crippen LogP contribution >= 0.6 is 0 Å². The van der Waals surface area contributed by atoms with Crippen molar-refractivity contribution in [2.24, 2.45) is 17.8 Å². The summed E-state index contributed by atoms with van der Waals surface area (Å²) in [6.07, 6.45) is 4.39. The minimum atomic E-state index is -0.786. The number of carbonyl (C=O) groups is 4. The number of carbonyl (C=O) groups excluding carboxylic acids is 4. The van der Waals surface area contributed by atoms with Gasteiger partial charge in [0, 0.05) is 0 Å². The van der Waals surface area contributed by atoms with Crippen LogP contribution in [0.3, 0.4) is 0 Å². The van der Waals surface area contributed by atoms with Crippen molar-refractivity contribution in [3.63, 3.8) is 0 Å². The van der Waals surface area contributed by atoms with E-state index in [9.17, 15) is 19.2 Å². The fourth-order valence-electron chi connectivity index (χ4n) is 3.41. The van der Waals surface area contributed by atoms with Crippen LogP contribution in [0, 0.1) is 17.8 Å². The molecule has 8 heteroatoms. The lowest BCUT2D eigenvalue weighted by Crippen LogP contribution is -2.51. The summed E-state index contributed by atoms with van der Waals surface area (Å²) in [6, 6.07) is 8.93. The summed E-state index contributed by atoms with van der Waals surface area (Å²) < 4.78 is 5.61. The van der Waals surface area contributed by atoms with Crippen LogP contribution in [0.4, 0.5) is 4.79 Å². The Labute approximate surface area is 189 Å². The van der Waals surface area contributed by atoms with Gasteiger partial charge < -0.3 is 10.1 Å². The molecule has 0 bridgehead atoms. The van der Waals surface area contributed by atoms with Gasteiger partial charge in [-0.25, -0.2) is 4.79 Å². The van der Waals surface area contributed by atoms with E-state index >= 15 is 0 Å². The summed E-state index contributed by atoms with van der Waals surface area (Å²) in [5.74, 6) is -3.08. The third-order valence-corrected chi connectivity index (χ3v) is 4.82. The molecule has 1 aromatic rings. The van der Waals surface area contributed by atoms with Crippen LogP contribution in [0.5, 0.6) is 0 Å². The van der Waals surface area contributed by atoms with Crippen molar-refractivity contribution in [1.82, 2.24) is 15.8 Å². The van der Waals surface area contributed by atoms with Gasteiger partial charge in [0.25, 0.3) is 5.91 Å². The number of imide groups is 1. The molecule has 1 saturated heterocycles. The first-order valence-corrected chi connectivity index (χ1v) is 10.8. The van der Waals surface area contributed by atoms with Crippen LogP contribution in [-0.4, -0.2) is 41.0 Å². The van der Waals surface area contributed by atoms with Crippen LogP contribution in [0.2, 0.25) is 0 Å². The van der Waals surface area contributed by atoms with E-state index < -0.39 is 41.3 Å². The number of esters is 1. The predicted molar refractivity (Wildman–Crippen MR) is 121 cm³/mol. The number of nitrogens with zero attached hydrogens (tertiary/aromatic N) is 1. The summed E-state index contributed by atoms with van der Waals surface area (Å²) in [5, 5.41) is 3.03. The molecular weight excluding hydrogens is 410 g/mol. The first-order chi connectivity index (χ1) is 15.0. The van der Waals surface area contributed by atoms with E-state index in [2.05, 4.69) is 10.7 Å². The molecule has 1 aliphatic heterocycles. The minimum absolute atomic E-state index is 0.0943. The van der Waals surface area contributed by atoms with Crippen molar-refractivity contribution in [2.75, 3.05) is 6.54 Å². The second-order valence-corrected chi connectivity index (χ2v) is 9.29. The van der Waals surface area contributed by atoms with Gasteiger partial charge in [-0.3, -0.25) is 19.8 Å². The second kappa shape index (κ2) is 10.9. The molecule has 2 rings (SSSR count). The van der Waals surface area contributed by atoms with E-state index in [0.717, 1.165) is 5.56 Å². The monoisotopic (exact) mass is 443 g/mol. The quantitative estimate of drug-likeness (QED) is 0.450. The zero-order valence-corrected chi connectivity index (χ0v) is 19.4. The van der Waals surface area contributed by atoms with Gasteiger partial charge in [-0.05, 0) is 45.1 Å². The maximum absolute atomic E-state index is 13.2. The van der Waals surface area contributed by atoms with Crippen molar-refractivity contribution >= 4 is 29.9 Å². The second-order valence-electron chi connectivity index (χ2n) is 9.29. The average molecular weight is 444 g/mol. The Balaban J connectivity index is 2.28. The van der Waals surface area contributed by atoms with Crippen LogP contribution in [0.25, 0.3) is 6.08 Å². The van der Waals surface area contributed by atoms with Crippen LogP contribution in [0.15, 0.2) is 36.4 Å². The summed E-state index contributed by atoms with van der Waals surface area (Å²) in [4.78, 5) is 50.0. The molecule has 0 saturated carbocycles. The van der Waals surface area contributed by atoms with Gasteiger partial charge in [0.1, 0.15) is 12.1 Å². The zero-order valence-electron chi connectivity index (χ0n) is 19.4. The van der Waals surface area contributed by atoms with E-state index in [1.165, 1.54) is 0 Å². The van der Waals surface area contributed by atoms with Crippen LogP contribution in [0.1, 0.15) is 53.0 Å². The summed E-state index contributed by atoms with van der Waals surface area (Å²) in [7, 11) is 0. The van der Waals surface area contributed by atoms with E-state index in [0.29, 0.717) is 11.4 Å². The highest BCUT2D eigenvalue weighted by atomic mass is 16.6. The molecule has 1 heterocycles. The number of ether oxygens (including phenoxy) is 1. The predicted octanol–water partition coefficient (Wildman–Crippen LogP) is 3.29. The molecule has 1 unspecified atom stereocenters. The first kappa shape index (κ1) is 25.1. The van der Waals surface area contributed by atoms with E-state index in [1.54, 1.807) is 20.8 Å². The number of benzene rings is 1. The normalized spacial score (nSPS) is 16.2. The number of rotatable bonds is 9. The molecule has 0 radical (unpaired) electrons.